The summed E-state index contributed by atoms with van der Waals surface area (Å²) >= 11 is 0. The van der Waals surface area contributed by atoms with Crippen LogP contribution in [0.5, 0.6) is 5.75 Å². The number of ether oxygens (including phenoxy) is 1. The smallest absolute Gasteiger partial charge is 0.227 e. The second-order valence-electron chi connectivity index (χ2n) is 9.60. The van der Waals surface area contributed by atoms with Crippen molar-refractivity contribution < 1.29 is 9.53 Å². The number of anilines is 1. The molecule has 1 fully saturated rings. The number of benzene rings is 3. The predicted molar refractivity (Wildman–Crippen MR) is 141 cm³/mol. The van der Waals surface area contributed by atoms with Gasteiger partial charge in [0.25, 0.3) is 0 Å². The van der Waals surface area contributed by atoms with Crippen LogP contribution in [-0.2, 0) is 11.3 Å². The first-order chi connectivity index (χ1) is 17.0. The second kappa shape index (κ2) is 9.95. The Balaban J connectivity index is 1.29. The Kier molecular flexibility index (Phi) is 6.58. The Morgan fingerprint density at radius 3 is 2.54 bits per heavy atom. The van der Waals surface area contributed by atoms with Gasteiger partial charge in [-0.15, -0.1) is 0 Å². The minimum absolute atomic E-state index is 0.0845. The molecule has 5 heteroatoms. The van der Waals surface area contributed by atoms with Gasteiger partial charge in [-0.1, -0.05) is 36.4 Å². The van der Waals surface area contributed by atoms with Crippen LogP contribution >= 0.6 is 0 Å². The van der Waals surface area contributed by atoms with Crippen molar-refractivity contribution in [2.45, 2.75) is 52.5 Å². The van der Waals surface area contributed by atoms with Crippen LogP contribution in [0.1, 0.15) is 47.7 Å². The van der Waals surface area contributed by atoms with Gasteiger partial charge in [-0.3, -0.25) is 4.79 Å². The first-order valence-corrected chi connectivity index (χ1v) is 12.5. The predicted octanol–water partition coefficient (Wildman–Crippen LogP) is 6.34. The standard InChI is InChI=1S/C30H33N3O2/c1-21-14-15-25(18-23(21)3)35-17-9-8-16-32-28-13-7-5-11-26(28)31-30(32)24-19-29(34)33(20-24)27-12-6-4-10-22(27)2/h4-7,10-15,18,24H,8-9,16-17,19-20H2,1-3H3. The van der Waals surface area contributed by atoms with E-state index in [-0.39, 0.29) is 11.8 Å². The van der Waals surface area contributed by atoms with Crippen molar-refractivity contribution in [1.29, 1.82) is 0 Å². The van der Waals surface area contributed by atoms with Gasteiger partial charge in [0, 0.05) is 31.1 Å². The number of aromatic nitrogens is 2. The Bertz CT molecular complexity index is 1360. The van der Waals surface area contributed by atoms with E-state index in [0.29, 0.717) is 19.6 Å². The van der Waals surface area contributed by atoms with Gasteiger partial charge in [0.1, 0.15) is 11.6 Å². The third kappa shape index (κ3) is 4.81. The molecule has 35 heavy (non-hydrogen) atoms. The minimum atomic E-state index is 0.0845. The number of carbonyl (C=O) groups is 1. The lowest BCUT2D eigenvalue weighted by molar-refractivity contribution is -0.117. The molecule has 180 valence electrons. The number of aryl methyl sites for hydroxylation is 4. The average Bonchev–Trinajstić information content (AvgIpc) is 3.42. The number of amides is 1. The van der Waals surface area contributed by atoms with Crippen molar-refractivity contribution in [3.8, 4) is 5.75 Å². The van der Waals surface area contributed by atoms with Crippen LogP contribution in [0.2, 0.25) is 0 Å². The van der Waals surface area contributed by atoms with Crippen molar-refractivity contribution >= 4 is 22.6 Å². The number of hydrogen-bond donors (Lipinski definition) is 0. The van der Waals surface area contributed by atoms with E-state index in [1.165, 1.54) is 11.1 Å². The third-order valence-electron chi connectivity index (χ3n) is 7.10. The molecule has 0 spiro atoms. The minimum Gasteiger partial charge on any atom is -0.494 e. The lowest BCUT2D eigenvalue weighted by atomic mass is 10.1. The molecule has 1 atom stereocenters. The van der Waals surface area contributed by atoms with E-state index in [2.05, 4.69) is 61.7 Å². The maximum Gasteiger partial charge on any atom is 0.227 e. The largest absolute Gasteiger partial charge is 0.494 e. The van der Waals surface area contributed by atoms with Gasteiger partial charge in [-0.2, -0.15) is 0 Å². The Hall–Kier alpha value is -3.60. The van der Waals surface area contributed by atoms with Crippen LogP contribution in [0.3, 0.4) is 0 Å². The Morgan fingerprint density at radius 1 is 0.914 bits per heavy atom. The van der Waals surface area contributed by atoms with Crippen LogP contribution in [-0.4, -0.2) is 28.6 Å². The topological polar surface area (TPSA) is 47.4 Å². The van der Waals surface area contributed by atoms with Crippen LogP contribution < -0.4 is 9.64 Å². The van der Waals surface area contributed by atoms with Crippen molar-refractivity contribution in [2.24, 2.45) is 0 Å². The summed E-state index contributed by atoms with van der Waals surface area (Å²) in [4.78, 5) is 19.9. The van der Waals surface area contributed by atoms with Crippen LogP contribution in [0.4, 0.5) is 5.69 Å². The van der Waals surface area contributed by atoms with E-state index in [1.807, 2.05) is 35.2 Å². The summed E-state index contributed by atoms with van der Waals surface area (Å²) in [5.41, 5.74) is 6.80. The summed E-state index contributed by atoms with van der Waals surface area (Å²) in [7, 11) is 0. The highest BCUT2D eigenvalue weighted by atomic mass is 16.5. The molecule has 4 aromatic rings. The van der Waals surface area contributed by atoms with Gasteiger partial charge in [-0.05, 0) is 80.6 Å². The number of para-hydroxylation sites is 3. The molecule has 0 radical (unpaired) electrons. The van der Waals surface area contributed by atoms with Crippen molar-refractivity contribution in [1.82, 2.24) is 9.55 Å². The summed E-state index contributed by atoms with van der Waals surface area (Å²) in [6.07, 6.45) is 2.44. The van der Waals surface area contributed by atoms with Crippen molar-refractivity contribution in [3.05, 3.63) is 89.2 Å². The quantitative estimate of drug-likeness (QED) is 0.284. The first-order valence-electron chi connectivity index (χ1n) is 12.5. The lowest BCUT2D eigenvalue weighted by Gasteiger charge is -2.19. The van der Waals surface area contributed by atoms with E-state index < -0.39 is 0 Å². The van der Waals surface area contributed by atoms with E-state index in [4.69, 9.17) is 9.72 Å². The van der Waals surface area contributed by atoms with E-state index >= 15 is 0 Å². The molecule has 2 heterocycles. The monoisotopic (exact) mass is 467 g/mol. The fourth-order valence-electron chi connectivity index (χ4n) is 4.99. The zero-order valence-corrected chi connectivity index (χ0v) is 20.8. The van der Waals surface area contributed by atoms with Gasteiger partial charge in [-0.25, -0.2) is 4.98 Å². The van der Waals surface area contributed by atoms with Crippen LogP contribution in [0.15, 0.2) is 66.7 Å². The zero-order valence-electron chi connectivity index (χ0n) is 20.8. The number of imidazole rings is 1. The van der Waals surface area contributed by atoms with Gasteiger partial charge < -0.3 is 14.2 Å². The van der Waals surface area contributed by atoms with Gasteiger partial charge >= 0.3 is 0 Å². The van der Waals surface area contributed by atoms with Crippen molar-refractivity contribution in [3.63, 3.8) is 0 Å². The molecular formula is C30H33N3O2. The SMILES string of the molecule is Cc1ccc(OCCCCn2c(C3CC(=O)N(c4ccccc4C)C3)nc3ccccc32)cc1C. The van der Waals surface area contributed by atoms with Gasteiger partial charge in [0.15, 0.2) is 0 Å². The molecule has 3 aromatic carbocycles. The molecule has 0 N–H and O–H groups in total. The number of fused-ring (bicyclic) bond motifs is 1. The molecule has 1 saturated heterocycles. The number of carbonyl (C=O) groups excluding carboxylic acids is 1. The van der Waals surface area contributed by atoms with Gasteiger partial charge in [0.2, 0.25) is 5.91 Å². The average molecular weight is 468 g/mol. The summed E-state index contributed by atoms with van der Waals surface area (Å²) in [6, 6.07) is 22.7. The normalized spacial score (nSPS) is 15.8. The molecule has 0 aliphatic carbocycles. The van der Waals surface area contributed by atoms with E-state index in [1.54, 1.807) is 0 Å². The van der Waals surface area contributed by atoms with Crippen molar-refractivity contribution in [2.75, 3.05) is 18.1 Å². The number of rotatable bonds is 8. The third-order valence-corrected chi connectivity index (χ3v) is 7.10. The maximum absolute atomic E-state index is 13.0. The fourth-order valence-corrected chi connectivity index (χ4v) is 4.99. The summed E-state index contributed by atoms with van der Waals surface area (Å²) in [5.74, 6) is 2.21. The Morgan fingerprint density at radius 2 is 1.71 bits per heavy atom. The van der Waals surface area contributed by atoms with Crippen LogP contribution in [0.25, 0.3) is 11.0 Å². The molecule has 1 aliphatic heterocycles. The molecule has 5 nitrogen and oxygen atoms in total. The number of nitrogens with zero attached hydrogens (tertiary/aromatic N) is 3. The number of hydrogen-bond acceptors (Lipinski definition) is 3. The number of unbranched alkanes of at least 4 members (excludes halogenated alkanes) is 1. The summed E-state index contributed by atoms with van der Waals surface area (Å²) in [5, 5.41) is 0. The molecule has 1 aromatic heterocycles. The molecule has 0 saturated carbocycles. The zero-order chi connectivity index (χ0) is 24.4. The molecule has 1 aliphatic rings. The van der Waals surface area contributed by atoms with E-state index in [9.17, 15) is 4.79 Å². The first kappa shape index (κ1) is 23.2. The lowest BCUT2D eigenvalue weighted by Crippen LogP contribution is -2.25. The summed E-state index contributed by atoms with van der Waals surface area (Å²) in [6.45, 7) is 8.51. The molecule has 1 unspecified atom stereocenters. The van der Waals surface area contributed by atoms with Crippen LogP contribution in [0, 0.1) is 20.8 Å². The molecule has 0 bridgehead atoms. The molecule has 1 amide bonds. The van der Waals surface area contributed by atoms with E-state index in [0.717, 1.165) is 53.2 Å². The Labute approximate surface area is 207 Å². The molecule has 5 rings (SSSR count). The van der Waals surface area contributed by atoms with Gasteiger partial charge in [0.05, 0.1) is 17.6 Å². The highest BCUT2D eigenvalue weighted by Crippen LogP contribution is 2.34. The maximum atomic E-state index is 13.0. The highest BCUT2D eigenvalue weighted by Gasteiger charge is 2.35. The fraction of sp³-hybridized carbons (Fsp3) is 0.333. The second-order valence-corrected chi connectivity index (χ2v) is 9.60. The molecular weight excluding hydrogens is 434 g/mol. The highest BCUT2D eigenvalue weighted by molar-refractivity contribution is 5.97. The summed E-state index contributed by atoms with van der Waals surface area (Å²) < 4.78 is 8.31.